The van der Waals surface area contributed by atoms with Crippen LogP contribution in [-0.2, 0) is 12.8 Å². The minimum atomic E-state index is 0. The third kappa shape index (κ3) is 4.79. The van der Waals surface area contributed by atoms with E-state index >= 15 is 0 Å². The van der Waals surface area contributed by atoms with Crippen LogP contribution in [0.15, 0.2) is 39.8 Å². The molecular formula is C21H28N2OS. The normalized spacial score (nSPS) is 13.0. The molecule has 2 aromatic rings. The maximum Gasteiger partial charge on any atom is 0.251 e. The van der Waals surface area contributed by atoms with E-state index in [1.54, 1.807) is 0 Å². The Morgan fingerprint density at radius 2 is 2.04 bits per heavy atom. The Labute approximate surface area is 154 Å². The number of allylic oxidation sites excluding steroid dienone is 1. The van der Waals surface area contributed by atoms with Crippen molar-refractivity contribution in [1.82, 2.24) is 4.98 Å². The number of pyridine rings is 1. The number of nitrogens with zero attached hydrogens (tertiary/aromatic N) is 1. The van der Waals surface area contributed by atoms with Crippen molar-refractivity contribution in [1.29, 1.82) is 0 Å². The maximum absolute atomic E-state index is 11.9. The van der Waals surface area contributed by atoms with Gasteiger partial charge in [0.25, 0.3) is 5.56 Å². The van der Waals surface area contributed by atoms with Crippen molar-refractivity contribution in [3.05, 3.63) is 56.5 Å². The fourth-order valence-electron chi connectivity index (χ4n) is 3.04. The van der Waals surface area contributed by atoms with E-state index in [1.165, 1.54) is 28.2 Å². The van der Waals surface area contributed by atoms with Crippen LogP contribution < -0.4 is 5.56 Å². The molecule has 0 bridgehead atoms. The van der Waals surface area contributed by atoms with Crippen LogP contribution in [0.25, 0.3) is 10.4 Å². The van der Waals surface area contributed by atoms with Gasteiger partial charge in [-0.3, -0.25) is 9.79 Å². The summed E-state index contributed by atoms with van der Waals surface area (Å²) in [5.74, 6) is 0. The lowest BCUT2D eigenvalue weighted by Crippen LogP contribution is -2.13. The predicted molar refractivity (Wildman–Crippen MR) is 110 cm³/mol. The van der Waals surface area contributed by atoms with Gasteiger partial charge in [0.1, 0.15) is 0 Å². The molecule has 2 aromatic heterocycles. The molecule has 1 aliphatic rings. The molecule has 0 saturated heterocycles. The molecule has 4 heteroatoms. The van der Waals surface area contributed by atoms with Crippen molar-refractivity contribution in [3.63, 3.8) is 0 Å². The average molecular weight is 357 g/mol. The zero-order valence-corrected chi connectivity index (χ0v) is 15.2. The molecule has 0 spiro atoms. The van der Waals surface area contributed by atoms with Crippen LogP contribution in [-0.4, -0.2) is 11.2 Å². The molecular weight excluding hydrogens is 328 g/mol. The summed E-state index contributed by atoms with van der Waals surface area (Å²) >= 11 is 1.85. The van der Waals surface area contributed by atoms with Gasteiger partial charge in [-0.2, -0.15) is 0 Å². The molecule has 0 aliphatic carbocycles. The molecule has 3 nitrogen and oxygen atoms in total. The van der Waals surface area contributed by atoms with Crippen molar-refractivity contribution in [2.75, 3.05) is 0 Å². The first-order valence-electron chi connectivity index (χ1n) is 8.69. The van der Waals surface area contributed by atoms with Crippen LogP contribution in [0, 0.1) is 6.92 Å². The fourth-order valence-corrected chi connectivity index (χ4v) is 4.16. The summed E-state index contributed by atoms with van der Waals surface area (Å²) in [6.07, 6.45) is 10.5. The molecule has 0 saturated carbocycles. The second kappa shape index (κ2) is 8.95. The van der Waals surface area contributed by atoms with Gasteiger partial charge in [-0.1, -0.05) is 14.4 Å². The second-order valence-corrected chi connectivity index (χ2v) is 7.48. The second-order valence-electron chi connectivity index (χ2n) is 6.31. The largest absolute Gasteiger partial charge is 0.326 e. The third-order valence-electron chi connectivity index (χ3n) is 4.51. The molecule has 0 unspecified atom stereocenters. The topological polar surface area (TPSA) is 45.2 Å². The highest BCUT2D eigenvalue weighted by Crippen LogP contribution is 2.31. The van der Waals surface area contributed by atoms with E-state index in [-0.39, 0.29) is 13.0 Å². The van der Waals surface area contributed by atoms with E-state index in [9.17, 15) is 4.79 Å². The summed E-state index contributed by atoms with van der Waals surface area (Å²) < 4.78 is 0. The molecule has 0 aromatic carbocycles. The fraction of sp³-hybridized carbons (Fsp3) is 0.429. The number of aromatic amines is 1. The van der Waals surface area contributed by atoms with Gasteiger partial charge < -0.3 is 4.98 Å². The van der Waals surface area contributed by atoms with Gasteiger partial charge in [0.05, 0.1) is 0 Å². The van der Waals surface area contributed by atoms with E-state index in [0.29, 0.717) is 0 Å². The highest BCUT2D eigenvalue weighted by molar-refractivity contribution is 7.15. The summed E-state index contributed by atoms with van der Waals surface area (Å²) in [6.45, 7) is 4.00. The molecule has 0 radical (unpaired) electrons. The molecule has 1 N–H and O–H groups in total. The lowest BCUT2D eigenvalue weighted by Gasteiger charge is -2.05. The zero-order chi connectivity index (χ0) is 16.9. The van der Waals surface area contributed by atoms with Crippen molar-refractivity contribution < 1.29 is 0 Å². The number of thiophene rings is 1. The Hall–Kier alpha value is -1.94. The van der Waals surface area contributed by atoms with Crippen LogP contribution in [0.1, 0.15) is 56.2 Å². The molecule has 0 atom stereocenters. The van der Waals surface area contributed by atoms with Crippen molar-refractivity contribution >= 4 is 17.6 Å². The van der Waals surface area contributed by atoms with Crippen LogP contribution in [0.5, 0.6) is 0 Å². The molecule has 3 rings (SSSR count). The standard InChI is InChI=1S/C20H24N2OS.CH4/c1-3-16-12-18(14(2)22-20(16)23)19-9-8-17(24-19)7-5-4-6-15-10-11-21-13-15;/h8-9,11-13H,3-7,10H2,1-2H3,(H,22,23);1H4. The summed E-state index contributed by atoms with van der Waals surface area (Å²) in [7, 11) is 0. The van der Waals surface area contributed by atoms with Crippen LogP contribution in [0.3, 0.4) is 0 Å². The van der Waals surface area contributed by atoms with E-state index < -0.39 is 0 Å². The Kier molecular flexibility index (Phi) is 6.94. The number of hydrogen-bond acceptors (Lipinski definition) is 3. The van der Waals surface area contributed by atoms with Crippen molar-refractivity contribution in [2.45, 2.75) is 59.8 Å². The minimum absolute atomic E-state index is 0. The number of aromatic nitrogens is 1. The lowest BCUT2D eigenvalue weighted by molar-refractivity contribution is 0.732. The van der Waals surface area contributed by atoms with E-state index in [0.717, 1.165) is 42.5 Å². The smallest absolute Gasteiger partial charge is 0.251 e. The Balaban J connectivity index is 0.00000225. The first-order valence-corrected chi connectivity index (χ1v) is 9.50. The summed E-state index contributed by atoms with van der Waals surface area (Å²) in [6, 6.07) is 6.47. The van der Waals surface area contributed by atoms with Crippen molar-refractivity contribution in [2.24, 2.45) is 4.99 Å². The Morgan fingerprint density at radius 1 is 1.24 bits per heavy atom. The quantitative estimate of drug-likeness (QED) is 0.637. The molecule has 1 aliphatic heterocycles. The highest BCUT2D eigenvalue weighted by atomic mass is 32.1. The van der Waals surface area contributed by atoms with Gasteiger partial charge in [0.2, 0.25) is 0 Å². The minimum Gasteiger partial charge on any atom is -0.326 e. The first-order chi connectivity index (χ1) is 11.7. The third-order valence-corrected chi connectivity index (χ3v) is 5.69. The van der Waals surface area contributed by atoms with Crippen molar-refractivity contribution in [3.8, 4) is 10.4 Å². The number of aryl methyl sites for hydroxylation is 3. The maximum atomic E-state index is 11.9. The Morgan fingerprint density at radius 3 is 2.76 bits per heavy atom. The summed E-state index contributed by atoms with van der Waals surface area (Å²) in [5, 5.41) is 0. The first kappa shape index (κ1) is 19.4. The molecule has 25 heavy (non-hydrogen) atoms. The monoisotopic (exact) mass is 356 g/mol. The summed E-state index contributed by atoms with van der Waals surface area (Å²) in [4.78, 5) is 21.7. The zero-order valence-electron chi connectivity index (χ0n) is 14.4. The molecule has 3 heterocycles. The van der Waals surface area contributed by atoms with Crippen LogP contribution >= 0.6 is 11.3 Å². The number of nitrogens with one attached hydrogen (secondary N) is 1. The summed E-state index contributed by atoms with van der Waals surface area (Å²) in [5.41, 5.74) is 4.48. The number of unbranched alkanes of at least 4 members (excludes halogenated alkanes) is 1. The number of rotatable bonds is 7. The van der Waals surface area contributed by atoms with Gasteiger partial charge in [-0.15, -0.1) is 11.3 Å². The molecule has 134 valence electrons. The van der Waals surface area contributed by atoms with Gasteiger partial charge in [-0.05, 0) is 62.8 Å². The van der Waals surface area contributed by atoms with E-state index in [4.69, 9.17) is 0 Å². The van der Waals surface area contributed by atoms with Gasteiger partial charge in [0.15, 0.2) is 0 Å². The lowest BCUT2D eigenvalue weighted by atomic mass is 10.1. The van der Waals surface area contributed by atoms with Crippen LogP contribution in [0.2, 0.25) is 0 Å². The average Bonchev–Trinajstić information content (AvgIpc) is 3.23. The Bertz CT molecular complexity index is 827. The van der Waals surface area contributed by atoms with Gasteiger partial charge >= 0.3 is 0 Å². The highest BCUT2D eigenvalue weighted by Gasteiger charge is 2.09. The predicted octanol–water partition coefficient (Wildman–Crippen LogP) is 5.68. The van der Waals surface area contributed by atoms with Crippen LogP contribution in [0.4, 0.5) is 0 Å². The van der Waals surface area contributed by atoms with Gasteiger partial charge in [-0.25, -0.2) is 0 Å². The van der Waals surface area contributed by atoms with E-state index in [2.05, 4.69) is 28.2 Å². The SMILES string of the molecule is C.CCc1cc(-c2ccc(CCCCC3=CN=CC3)s2)c(C)[nH]c1=O. The van der Waals surface area contributed by atoms with Gasteiger partial charge in [0, 0.05) is 45.4 Å². The number of aliphatic imine (C=N–C) groups is 1. The van der Waals surface area contributed by atoms with E-state index in [1.807, 2.05) is 37.6 Å². The number of hydrogen-bond donors (Lipinski definition) is 1. The molecule has 0 amide bonds. The number of H-pyrrole nitrogens is 1. The molecule has 0 fully saturated rings.